The molecule has 0 saturated heterocycles. The molecular weight excluding hydrogens is 362 g/mol. The summed E-state index contributed by atoms with van der Waals surface area (Å²) < 4.78 is 5.55. The monoisotopic (exact) mass is 383 g/mol. The first kappa shape index (κ1) is 18.7. The molecule has 0 radical (unpaired) electrons. The molecular formula is C25H21NO3. The summed E-state index contributed by atoms with van der Waals surface area (Å²) in [5.41, 5.74) is 4.73. The summed E-state index contributed by atoms with van der Waals surface area (Å²) in [6, 6.07) is 13.5. The van der Waals surface area contributed by atoms with E-state index in [1.165, 1.54) is 6.26 Å². The van der Waals surface area contributed by atoms with E-state index < -0.39 is 0 Å². The van der Waals surface area contributed by atoms with E-state index >= 15 is 0 Å². The maximum absolute atomic E-state index is 12.9. The molecule has 0 saturated carbocycles. The minimum atomic E-state index is -0.228. The second-order valence-electron chi connectivity index (χ2n) is 7.27. The topological polar surface area (TPSA) is 46.6 Å². The van der Waals surface area contributed by atoms with E-state index in [4.69, 9.17) is 4.74 Å². The van der Waals surface area contributed by atoms with Crippen molar-refractivity contribution in [3.05, 3.63) is 106 Å². The Kier molecular flexibility index (Phi) is 4.77. The lowest BCUT2D eigenvalue weighted by Gasteiger charge is -2.12. The van der Waals surface area contributed by atoms with Crippen LogP contribution in [0.4, 0.5) is 5.69 Å². The molecule has 2 aliphatic rings. The molecule has 0 N–H and O–H groups in total. The Morgan fingerprint density at radius 2 is 1.69 bits per heavy atom. The maximum atomic E-state index is 12.9. The van der Waals surface area contributed by atoms with Gasteiger partial charge in [-0.05, 0) is 54.0 Å². The molecule has 4 rings (SSSR count). The Balaban J connectivity index is 1.64. The number of carbonyl (C=O) groups is 2. The number of rotatable bonds is 3. The van der Waals surface area contributed by atoms with E-state index in [2.05, 4.69) is 0 Å². The molecule has 144 valence electrons. The average molecular weight is 383 g/mol. The first-order valence-electron chi connectivity index (χ1n) is 9.39. The van der Waals surface area contributed by atoms with Crippen molar-refractivity contribution in [3.63, 3.8) is 0 Å². The minimum Gasteiger partial charge on any atom is -0.465 e. The van der Waals surface area contributed by atoms with Crippen molar-refractivity contribution in [1.29, 1.82) is 0 Å². The predicted octanol–water partition coefficient (Wildman–Crippen LogP) is 4.88. The lowest BCUT2D eigenvalue weighted by atomic mass is 10.0. The van der Waals surface area contributed by atoms with E-state index in [1.807, 2.05) is 68.4 Å². The molecule has 0 aromatic heterocycles. The predicted molar refractivity (Wildman–Crippen MR) is 115 cm³/mol. The number of anilines is 1. The number of nitrogens with zero attached hydrogens (tertiary/aromatic N) is 1. The summed E-state index contributed by atoms with van der Waals surface area (Å²) in [7, 11) is 4.00. The number of fused-ring (bicyclic) bond motifs is 1. The van der Waals surface area contributed by atoms with Crippen LogP contribution in [0.25, 0.3) is 6.08 Å². The third-order valence-electron chi connectivity index (χ3n) is 5.09. The standard InChI is InChI=1S/C25H21NO3/c1-16-5-4-6-21-22(16)25(28)23(24(21)27)18-13-14-29-20(15-18)12-9-17-7-10-19(11-8-17)26(2)3/h4-15H,1-3H3/b12-9+,23-18+. The van der Waals surface area contributed by atoms with Gasteiger partial charge in [-0.3, -0.25) is 9.59 Å². The Morgan fingerprint density at radius 1 is 0.931 bits per heavy atom. The lowest BCUT2D eigenvalue weighted by molar-refractivity contribution is 0.0987. The zero-order valence-corrected chi connectivity index (χ0v) is 16.6. The van der Waals surface area contributed by atoms with Gasteiger partial charge in [0.05, 0.1) is 11.8 Å². The van der Waals surface area contributed by atoms with Gasteiger partial charge in [0.2, 0.25) is 0 Å². The van der Waals surface area contributed by atoms with Gasteiger partial charge in [-0.2, -0.15) is 0 Å². The Labute approximate surface area is 170 Å². The van der Waals surface area contributed by atoms with Gasteiger partial charge in [-0.15, -0.1) is 0 Å². The first-order valence-corrected chi connectivity index (χ1v) is 9.39. The summed E-state index contributed by atoms with van der Waals surface area (Å²) in [5.74, 6) is 0.123. The van der Waals surface area contributed by atoms with Crippen LogP contribution in [0.1, 0.15) is 31.8 Å². The van der Waals surface area contributed by atoms with Crippen LogP contribution >= 0.6 is 0 Å². The number of ether oxygens (including phenoxy) is 1. The fraction of sp³-hybridized carbons (Fsp3) is 0.120. The number of carbonyl (C=O) groups excluding carboxylic acids is 2. The van der Waals surface area contributed by atoms with Crippen LogP contribution < -0.4 is 4.90 Å². The summed E-state index contributed by atoms with van der Waals surface area (Å²) in [5, 5.41) is 0. The van der Waals surface area contributed by atoms with Crippen LogP contribution in [0, 0.1) is 6.92 Å². The lowest BCUT2D eigenvalue weighted by Crippen LogP contribution is -2.07. The largest absolute Gasteiger partial charge is 0.465 e. The Hall–Kier alpha value is -3.66. The fourth-order valence-electron chi connectivity index (χ4n) is 3.51. The van der Waals surface area contributed by atoms with E-state index in [0.717, 1.165) is 16.8 Å². The molecule has 1 aliphatic heterocycles. The quantitative estimate of drug-likeness (QED) is 0.560. The molecule has 29 heavy (non-hydrogen) atoms. The second-order valence-corrected chi connectivity index (χ2v) is 7.27. The number of benzene rings is 2. The number of hydrogen-bond acceptors (Lipinski definition) is 4. The van der Waals surface area contributed by atoms with Gasteiger partial charge in [-0.25, -0.2) is 0 Å². The molecule has 0 bridgehead atoms. The highest BCUT2D eigenvalue weighted by atomic mass is 16.5. The van der Waals surface area contributed by atoms with Gasteiger partial charge in [0.1, 0.15) is 5.76 Å². The third-order valence-corrected chi connectivity index (χ3v) is 5.09. The Bertz CT molecular complexity index is 1130. The second kappa shape index (κ2) is 7.40. The highest BCUT2D eigenvalue weighted by Crippen LogP contribution is 2.32. The van der Waals surface area contributed by atoms with E-state index in [-0.39, 0.29) is 17.1 Å². The van der Waals surface area contributed by atoms with Crippen LogP contribution in [-0.2, 0) is 4.74 Å². The van der Waals surface area contributed by atoms with Gasteiger partial charge in [0.25, 0.3) is 0 Å². The van der Waals surface area contributed by atoms with Crippen LogP contribution in [0.15, 0.2) is 83.9 Å². The van der Waals surface area contributed by atoms with Crippen LogP contribution in [0.5, 0.6) is 0 Å². The van der Waals surface area contributed by atoms with Crippen LogP contribution in [-0.4, -0.2) is 25.7 Å². The number of hydrogen-bond donors (Lipinski definition) is 0. The normalized spacial score (nSPS) is 18.1. The van der Waals surface area contributed by atoms with Crippen LogP contribution in [0.2, 0.25) is 0 Å². The van der Waals surface area contributed by atoms with Crippen molar-refractivity contribution in [2.45, 2.75) is 6.92 Å². The maximum Gasteiger partial charge on any atom is 0.198 e. The summed E-state index contributed by atoms with van der Waals surface area (Å²) in [6.07, 6.45) is 8.67. The molecule has 0 spiro atoms. The molecule has 4 nitrogen and oxygen atoms in total. The van der Waals surface area contributed by atoms with Gasteiger partial charge in [0.15, 0.2) is 11.6 Å². The van der Waals surface area contributed by atoms with E-state index in [1.54, 1.807) is 24.3 Å². The highest BCUT2D eigenvalue weighted by Gasteiger charge is 2.36. The molecule has 2 aromatic rings. The number of aryl methyl sites for hydroxylation is 1. The van der Waals surface area contributed by atoms with Crippen molar-refractivity contribution in [1.82, 2.24) is 0 Å². The third kappa shape index (κ3) is 3.45. The molecule has 0 atom stereocenters. The number of Topliss-reactive ketones (excluding diaryl/α,β-unsaturated/α-hetero) is 2. The van der Waals surface area contributed by atoms with Gasteiger partial charge in [-0.1, -0.05) is 36.4 Å². The average Bonchev–Trinajstić information content (AvgIpc) is 2.98. The van der Waals surface area contributed by atoms with Crippen molar-refractivity contribution < 1.29 is 14.3 Å². The smallest absolute Gasteiger partial charge is 0.198 e. The highest BCUT2D eigenvalue weighted by molar-refractivity contribution is 6.40. The van der Waals surface area contributed by atoms with E-state index in [9.17, 15) is 9.59 Å². The van der Waals surface area contributed by atoms with Crippen molar-refractivity contribution in [3.8, 4) is 0 Å². The molecule has 4 heteroatoms. The summed E-state index contributed by atoms with van der Waals surface area (Å²) in [6.45, 7) is 1.85. The van der Waals surface area contributed by atoms with Crippen molar-refractivity contribution in [2.75, 3.05) is 19.0 Å². The Morgan fingerprint density at radius 3 is 2.38 bits per heavy atom. The van der Waals surface area contributed by atoms with Gasteiger partial charge >= 0.3 is 0 Å². The molecule has 2 aromatic carbocycles. The number of ketones is 2. The molecule has 0 fully saturated rings. The zero-order valence-electron chi connectivity index (χ0n) is 16.6. The molecule has 0 amide bonds. The fourth-order valence-corrected chi connectivity index (χ4v) is 3.51. The summed E-state index contributed by atoms with van der Waals surface area (Å²) >= 11 is 0. The molecule has 1 aliphatic carbocycles. The van der Waals surface area contributed by atoms with Crippen molar-refractivity contribution >= 4 is 23.3 Å². The number of allylic oxidation sites excluding steroid dienone is 5. The van der Waals surface area contributed by atoms with Crippen LogP contribution in [0.3, 0.4) is 0 Å². The molecule has 0 unspecified atom stereocenters. The summed E-state index contributed by atoms with van der Waals surface area (Å²) in [4.78, 5) is 27.8. The van der Waals surface area contributed by atoms with Gasteiger partial charge < -0.3 is 9.64 Å². The molecule has 1 heterocycles. The van der Waals surface area contributed by atoms with E-state index in [0.29, 0.717) is 22.5 Å². The first-order chi connectivity index (χ1) is 14.0. The van der Waals surface area contributed by atoms with Gasteiger partial charge in [0, 0.05) is 30.9 Å². The SMILES string of the molecule is Cc1cccc2c1C(=O)/C(=C1\C=COC(/C=C/c3ccc(N(C)C)cc3)=C1)C2=O. The zero-order chi connectivity index (χ0) is 20.5. The minimum absolute atomic E-state index is 0.204. The van der Waals surface area contributed by atoms with Crippen molar-refractivity contribution in [2.24, 2.45) is 0 Å².